The van der Waals surface area contributed by atoms with Crippen LogP contribution >= 0.6 is 11.3 Å². The highest BCUT2D eigenvalue weighted by molar-refractivity contribution is 7.11. The first-order valence-electron chi connectivity index (χ1n) is 5.49. The fourth-order valence-electron chi connectivity index (χ4n) is 1.49. The van der Waals surface area contributed by atoms with E-state index in [1.165, 1.54) is 9.75 Å². The minimum absolute atomic E-state index is 0.639. The second-order valence-electron chi connectivity index (χ2n) is 3.84. The molecule has 0 aliphatic carbocycles. The van der Waals surface area contributed by atoms with Gasteiger partial charge in [0.15, 0.2) is 0 Å². The molecule has 17 heavy (non-hydrogen) atoms. The van der Waals surface area contributed by atoms with Gasteiger partial charge in [-0.25, -0.2) is 4.98 Å². The summed E-state index contributed by atoms with van der Waals surface area (Å²) >= 11 is 1.80. The third-order valence-electron chi connectivity index (χ3n) is 2.42. The zero-order valence-electron chi connectivity index (χ0n) is 10.2. The molecule has 2 aromatic rings. The second-order valence-corrected chi connectivity index (χ2v) is 5.21. The highest BCUT2D eigenvalue weighted by Gasteiger charge is 2.03. The summed E-state index contributed by atoms with van der Waals surface area (Å²) in [6.07, 6.45) is 1.82. The zero-order valence-corrected chi connectivity index (χ0v) is 11.1. The molecule has 2 N–H and O–H groups in total. The second kappa shape index (κ2) is 5.14. The third-order valence-corrected chi connectivity index (χ3v) is 3.42. The van der Waals surface area contributed by atoms with Crippen molar-refractivity contribution in [1.29, 1.82) is 0 Å². The van der Waals surface area contributed by atoms with Crippen molar-refractivity contribution in [3.8, 4) is 0 Å². The summed E-state index contributed by atoms with van der Waals surface area (Å²) in [5.74, 6) is 1.52. The van der Waals surface area contributed by atoms with Gasteiger partial charge < -0.3 is 10.6 Å². The maximum absolute atomic E-state index is 4.38. The highest BCUT2D eigenvalue weighted by Crippen LogP contribution is 2.18. The number of hydrogen-bond donors (Lipinski definition) is 2. The predicted molar refractivity (Wildman–Crippen MR) is 72.7 cm³/mol. The van der Waals surface area contributed by atoms with Crippen molar-refractivity contribution in [1.82, 2.24) is 9.97 Å². The van der Waals surface area contributed by atoms with Crippen LogP contribution in [-0.2, 0) is 6.54 Å². The normalized spacial score (nSPS) is 10.3. The van der Waals surface area contributed by atoms with Gasteiger partial charge in [-0.05, 0) is 26.0 Å². The van der Waals surface area contributed by atoms with Gasteiger partial charge in [0.2, 0.25) is 5.95 Å². The molecule has 0 unspecified atom stereocenters. The smallest absolute Gasteiger partial charge is 0.224 e. The number of nitrogens with one attached hydrogen (secondary N) is 2. The zero-order chi connectivity index (χ0) is 12.3. The monoisotopic (exact) mass is 248 g/mol. The van der Waals surface area contributed by atoms with Crippen molar-refractivity contribution < 1.29 is 0 Å². The number of rotatable bonds is 4. The van der Waals surface area contributed by atoms with Crippen LogP contribution in [0.15, 0.2) is 18.3 Å². The molecular weight excluding hydrogens is 232 g/mol. The summed E-state index contributed by atoms with van der Waals surface area (Å²) in [6.45, 7) is 4.92. The lowest BCUT2D eigenvalue weighted by Crippen LogP contribution is -2.05. The van der Waals surface area contributed by atoms with Crippen LogP contribution in [-0.4, -0.2) is 17.0 Å². The van der Waals surface area contributed by atoms with Crippen LogP contribution in [0.5, 0.6) is 0 Å². The van der Waals surface area contributed by atoms with Crippen molar-refractivity contribution in [3.63, 3.8) is 0 Å². The molecule has 5 heteroatoms. The number of anilines is 2. The molecule has 2 heterocycles. The molecule has 0 amide bonds. The van der Waals surface area contributed by atoms with Gasteiger partial charge in [-0.2, -0.15) is 4.98 Å². The lowest BCUT2D eigenvalue weighted by molar-refractivity contribution is 1.07. The first-order chi connectivity index (χ1) is 8.19. The van der Waals surface area contributed by atoms with Crippen molar-refractivity contribution in [2.45, 2.75) is 20.4 Å². The van der Waals surface area contributed by atoms with Crippen molar-refractivity contribution >= 4 is 23.1 Å². The van der Waals surface area contributed by atoms with Gasteiger partial charge in [0.1, 0.15) is 5.82 Å². The average molecular weight is 248 g/mol. The molecule has 0 aromatic carbocycles. The van der Waals surface area contributed by atoms with Crippen LogP contribution in [0, 0.1) is 13.8 Å². The first kappa shape index (κ1) is 11.9. The molecule has 0 spiro atoms. The molecule has 0 saturated heterocycles. The van der Waals surface area contributed by atoms with E-state index in [-0.39, 0.29) is 0 Å². The largest absolute Gasteiger partial charge is 0.365 e. The molecule has 90 valence electrons. The number of hydrogen-bond acceptors (Lipinski definition) is 5. The molecule has 0 radical (unpaired) electrons. The van der Waals surface area contributed by atoms with E-state index in [4.69, 9.17) is 0 Å². The van der Waals surface area contributed by atoms with E-state index in [0.717, 1.165) is 17.9 Å². The first-order valence-corrected chi connectivity index (χ1v) is 6.31. The topological polar surface area (TPSA) is 49.8 Å². The van der Waals surface area contributed by atoms with Crippen LogP contribution in [0.1, 0.15) is 15.3 Å². The van der Waals surface area contributed by atoms with Gasteiger partial charge in [-0.3, -0.25) is 0 Å². The van der Waals surface area contributed by atoms with Crippen LogP contribution in [0.4, 0.5) is 11.8 Å². The standard InChI is InChI=1S/C12H16N4S/c1-8-6-15-12(13-3)16-11(8)14-7-10-5-4-9(2)17-10/h4-6H,7H2,1-3H3,(H2,13,14,15,16). The molecule has 2 rings (SSSR count). The summed E-state index contributed by atoms with van der Waals surface area (Å²) in [5, 5.41) is 6.27. The van der Waals surface area contributed by atoms with Crippen LogP contribution in [0.25, 0.3) is 0 Å². The SMILES string of the molecule is CNc1ncc(C)c(NCc2ccc(C)s2)n1. The highest BCUT2D eigenvalue weighted by atomic mass is 32.1. The Morgan fingerprint density at radius 1 is 1.29 bits per heavy atom. The van der Waals surface area contributed by atoms with E-state index >= 15 is 0 Å². The molecule has 2 aromatic heterocycles. The Balaban J connectivity index is 2.07. The maximum atomic E-state index is 4.38. The quantitative estimate of drug-likeness (QED) is 0.873. The lowest BCUT2D eigenvalue weighted by Gasteiger charge is -2.08. The van der Waals surface area contributed by atoms with E-state index in [0.29, 0.717) is 5.95 Å². The summed E-state index contributed by atoms with van der Waals surface area (Å²) < 4.78 is 0. The summed E-state index contributed by atoms with van der Waals surface area (Å²) in [5.41, 5.74) is 1.05. The summed E-state index contributed by atoms with van der Waals surface area (Å²) in [7, 11) is 1.82. The molecular formula is C12H16N4S. The van der Waals surface area contributed by atoms with Crippen molar-refractivity contribution in [2.75, 3.05) is 17.7 Å². The van der Waals surface area contributed by atoms with E-state index in [1.54, 1.807) is 11.3 Å². The molecule has 0 bridgehead atoms. The Labute approximate surface area is 105 Å². The van der Waals surface area contributed by atoms with Gasteiger partial charge in [0, 0.05) is 28.6 Å². The minimum atomic E-state index is 0.639. The fraction of sp³-hybridized carbons (Fsp3) is 0.333. The Morgan fingerprint density at radius 2 is 2.12 bits per heavy atom. The van der Waals surface area contributed by atoms with E-state index in [2.05, 4.69) is 39.7 Å². The van der Waals surface area contributed by atoms with Gasteiger partial charge in [-0.15, -0.1) is 11.3 Å². The Morgan fingerprint density at radius 3 is 2.76 bits per heavy atom. The van der Waals surface area contributed by atoms with E-state index < -0.39 is 0 Å². The Hall–Kier alpha value is -1.62. The fourth-order valence-corrected chi connectivity index (χ4v) is 2.32. The summed E-state index contributed by atoms with van der Waals surface area (Å²) in [4.78, 5) is 11.2. The lowest BCUT2D eigenvalue weighted by atomic mass is 10.3. The molecule has 0 fully saturated rings. The maximum Gasteiger partial charge on any atom is 0.224 e. The molecule has 0 atom stereocenters. The van der Waals surface area contributed by atoms with Gasteiger partial charge in [0.05, 0.1) is 6.54 Å². The van der Waals surface area contributed by atoms with Gasteiger partial charge in [0.25, 0.3) is 0 Å². The van der Waals surface area contributed by atoms with Crippen LogP contribution in [0.2, 0.25) is 0 Å². The number of aryl methyl sites for hydroxylation is 2. The third kappa shape index (κ3) is 2.94. The minimum Gasteiger partial charge on any atom is -0.365 e. The Kier molecular flexibility index (Phi) is 3.58. The predicted octanol–water partition coefficient (Wildman–Crippen LogP) is 2.81. The number of nitrogens with zero attached hydrogens (tertiary/aromatic N) is 2. The number of aromatic nitrogens is 2. The van der Waals surface area contributed by atoms with Gasteiger partial charge in [-0.1, -0.05) is 0 Å². The average Bonchev–Trinajstić information content (AvgIpc) is 2.74. The van der Waals surface area contributed by atoms with Crippen LogP contribution < -0.4 is 10.6 Å². The van der Waals surface area contributed by atoms with Crippen LogP contribution in [0.3, 0.4) is 0 Å². The van der Waals surface area contributed by atoms with Crippen molar-refractivity contribution in [3.05, 3.63) is 33.6 Å². The van der Waals surface area contributed by atoms with E-state index in [9.17, 15) is 0 Å². The molecule has 4 nitrogen and oxygen atoms in total. The number of thiophene rings is 1. The van der Waals surface area contributed by atoms with E-state index in [1.807, 2.05) is 20.2 Å². The molecule has 0 aliphatic heterocycles. The van der Waals surface area contributed by atoms with Crippen molar-refractivity contribution in [2.24, 2.45) is 0 Å². The summed E-state index contributed by atoms with van der Waals surface area (Å²) in [6, 6.07) is 4.27. The van der Waals surface area contributed by atoms with Gasteiger partial charge >= 0.3 is 0 Å². The molecule has 0 aliphatic rings. The molecule has 0 saturated carbocycles. The Bertz CT molecular complexity index is 507.